The third kappa shape index (κ3) is 22.7. The zero-order valence-corrected chi connectivity index (χ0v) is 46.2. The summed E-state index contributed by atoms with van der Waals surface area (Å²) in [4.78, 5) is 141. The van der Waals surface area contributed by atoms with E-state index in [0.717, 1.165) is 25.7 Å². The number of hydrogen-bond acceptors (Lipinski definition) is 17. The fourth-order valence-corrected chi connectivity index (χ4v) is 10.1. The average molecular weight is 1100 g/mol. The van der Waals surface area contributed by atoms with Crippen molar-refractivity contribution in [2.24, 2.45) is 64.2 Å². The minimum absolute atomic E-state index is 0.0325. The first-order valence-corrected chi connectivity index (χ1v) is 27.9. The van der Waals surface area contributed by atoms with Gasteiger partial charge in [-0.3, -0.25) is 47.9 Å². The second-order valence-electron chi connectivity index (χ2n) is 21.8. The van der Waals surface area contributed by atoms with Crippen LogP contribution in [0.4, 0.5) is 0 Å². The van der Waals surface area contributed by atoms with E-state index >= 15 is 0 Å². The molecule has 11 atom stereocenters. The molecule has 2 unspecified atom stereocenters. The summed E-state index contributed by atoms with van der Waals surface area (Å²) in [5.74, 6) is -11.8. The summed E-state index contributed by atoms with van der Waals surface area (Å²) < 4.78 is 0. The van der Waals surface area contributed by atoms with Gasteiger partial charge in [-0.2, -0.15) is 0 Å². The van der Waals surface area contributed by atoms with Crippen LogP contribution in [0.1, 0.15) is 130 Å². The quantitative estimate of drug-likeness (QED) is 0.0598. The summed E-state index contributed by atoms with van der Waals surface area (Å²) in [7, 11) is 0. The van der Waals surface area contributed by atoms with Gasteiger partial charge in [-0.25, -0.2) is 0 Å². The van der Waals surface area contributed by atoms with Crippen LogP contribution in [0.25, 0.3) is 0 Å². The van der Waals surface area contributed by atoms with Gasteiger partial charge in [0, 0.05) is 56.5 Å². The molecule has 0 radical (unpaired) electrons. The highest BCUT2D eigenvalue weighted by Gasteiger charge is 2.38. The molecule has 1 aliphatic carbocycles. The van der Waals surface area contributed by atoms with Crippen molar-refractivity contribution in [2.75, 3.05) is 32.7 Å². The molecule has 0 aromatic heterocycles. The highest BCUT2D eigenvalue weighted by molar-refractivity contribution is 5.98. The van der Waals surface area contributed by atoms with E-state index < -0.39 is 138 Å². The molecule has 23 nitrogen and oxygen atoms in total. The minimum Gasteiger partial charge on any atom is -0.393 e. The number of nitrogens with two attached hydrogens (primary N) is 5. The topological polar surface area (TPSA) is 413 Å². The van der Waals surface area contributed by atoms with E-state index in [4.69, 9.17) is 28.7 Å². The summed E-state index contributed by atoms with van der Waals surface area (Å²) in [6, 6.07) is 2.55. The summed E-state index contributed by atoms with van der Waals surface area (Å²) in [5.41, 5.74) is 30.4. The lowest BCUT2D eigenvalue weighted by Crippen LogP contribution is -2.57. The van der Waals surface area contributed by atoms with E-state index in [1.165, 1.54) is 13.8 Å². The van der Waals surface area contributed by atoms with Gasteiger partial charge in [-0.15, -0.1) is 0 Å². The Morgan fingerprint density at radius 3 is 1.74 bits per heavy atom. The zero-order chi connectivity index (χ0) is 58.1. The van der Waals surface area contributed by atoms with Crippen LogP contribution < -0.4 is 60.6 Å². The maximum Gasteiger partial charge on any atom is 0.243 e. The lowest BCUT2D eigenvalue weighted by Gasteiger charge is -2.28. The van der Waals surface area contributed by atoms with Crippen LogP contribution in [0.5, 0.6) is 0 Å². The number of Topliss-reactive ketones (excluding diaryl/α,β-unsaturated/α-hetero) is 4. The van der Waals surface area contributed by atoms with Crippen LogP contribution in [0.3, 0.4) is 0 Å². The normalized spacial score (nSPS) is 26.5. The van der Waals surface area contributed by atoms with Gasteiger partial charge in [0.15, 0.2) is 17.3 Å². The largest absolute Gasteiger partial charge is 0.393 e. The summed E-state index contributed by atoms with van der Waals surface area (Å²) in [6.45, 7) is 5.68. The van der Waals surface area contributed by atoms with Gasteiger partial charge in [0.05, 0.1) is 42.2 Å². The molecule has 2 aliphatic rings. The molecule has 18 N–H and O–H groups in total. The number of amides is 6. The van der Waals surface area contributed by atoms with E-state index in [1.807, 2.05) is 13.8 Å². The molecule has 1 saturated carbocycles. The van der Waals surface area contributed by atoms with Gasteiger partial charge in [0.25, 0.3) is 0 Å². The second kappa shape index (κ2) is 34.4. The summed E-state index contributed by atoms with van der Waals surface area (Å²) in [5, 5.41) is 37.7. The fraction of sp³-hybridized carbons (Fsp3) is 0.709. The first kappa shape index (κ1) is 66.7. The van der Waals surface area contributed by atoms with Crippen molar-refractivity contribution in [1.82, 2.24) is 31.9 Å². The summed E-state index contributed by atoms with van der Waals surface area (Å²) >= 11 is 0. The number of carbonyl (C=O) groups is 10. The van der Waals surface area contributed by atoms with Gasteiger partial charge in [0.2, 0.25) is 35.4 Å². The lowest BCUT2D eigenvalue weighted by molar-refractivity contribution is -0.137. The van der Waals surface area contributed by atoms with E-state index in [0.29, 0.717) is 5.56 Å². The molecule has 1 aliphatic heterocycles. The van der Waals surface area contributed by atoms with Crippen LogP contribution >= 0.6 is 0 Å². The minimum atomic E-state index is -1.41. The Morgan fingerprint density at radius 2 is 1.18 bits per heavy atom. The zero-order valence-electron chi connectivity index (χ0n) is 46.2. The van der Waals surface area contributed by atoms with Gasteiger partial charge >= 0.3 is 0 Å². The number of nitrogens with one attached hydrogen (secondary N) is 6. The third-order valence-corrected chi connectivity index (χ3v) is 14.8. The SMILES string of the molecule is CC(C)C[C@@H]1NC(=O)[C@@H](Cc2ccccc2)CC(=O)[C@H](CCN)NC(=O)[C@@H](CC(=O)[C@H](CCN)NC(=O)[C@@H](CC(=O)CC2CCC(N)CC2)C(C)O)CCNC(=O)[C@H](C(C)O)CC(=O)[C@H](CCN)NC(=O)[C@H](CCN)NC1=O. The van der Waals surface area contributed by atoms with E-state index in [9.17, 15) is 58.2 Å². The number of hydrogen-bond donors (Lipinski definition) is 13. The van der Waals surface area contributed by atoms with Crippen molar-refractivity contribution in [1.29, 1.82) is 0 Å². The monoisotopic (exact) mass is 1100 g/mol. The Morgan fingerprint density at radius 1 is 0.641 bits per heavy atom. The Hall–Kier alpha value is -5.56. The number of ketones is 4. The van der Waals surface area contributed by atoms with Crippen molar-refractivity contribution in [3.8, 4) is 0 Å². The third-order valence-electron chi connectivity index (χ3n) is 14.8. The van der Waals surface area contributed by atoms with Gasteiger partial charge in [-0.1, -0.05) is 44.2 Å². The Bertz CT molecular complexity index is 2140. The maximum atomic E-state index is 14.6. The number of rotatable bonds is 23. The maximum absolute atomic E-state index is 14.6. The van der Waals surface area contributed by atoms with Crippen LogP contribution in [0, 0.1) is 35.5 Å². The van der Waals surface area contributed by atoms with Gasteiger partial charge in [0.1, 0.15) is 17.9 Å². The lowest BCUT2D eigenvalue weighted by atomic mass is 9.82. The first-order valence-electron chi connectivity index (χ1n) is 27.9. The smallest absolute Gasteiger partial charge is 0.243 e. The Balaban J connectivity index is 2.08. The van der Waals surface area contributed by atoms with Crippen LogP contribution in [0.15, 0.2) is 30.3 Å². The van der Waals surface area contributed by atoms with Gasteiger partial charge < -0.3 is 70.8 Å². The molecular weight excluding hydrogens is 1010 g/mol. The van der Waals surface area contributed by atoms with Crippen LogP contribution in [-0.4, -0.2) is 150 Å². The average Bonchev–Trinajstić information content (AvgIpc) is 3.38. The van der Waals surface area contributed by atoms with E-state index in [2.05, 4.69) is 31.9 Å². The number of carbonyl (C=O) groups excluding carboxylic acids is 10. The predicted molar refractivity (Wildman–Crippen MR) is 292 cm³/mol. The van der Waals surface area contributed by atoms with Crippen molar-refractivity contribution >= 4 is 58.6 Å². The molecule has 23 heteroatoms. The Kier molecular flexibility index (Phi) is 29.5. The summed E-state index contributed by atoms with van der Waals surface area (Å²) in [6.07, 6.45) is -1.69. The molecule has 3 rings (SSSR count). The van der Waals surface area contributed by atoms with Crippen LogP contribution in [-0.2, 0) is 54.4 Å². The number of aliphatic hydroxyl groups excluding tert-OH is 2. The predicted octanol–water partition coefficient (Wildman–Crippen LogP) is -1.41. The molecule has 438 valence electrons. The number of aliphatic hydroxyl groups is 2. The standard InChI is InChI=1S/C55H91N11O12/c1-31(2)24-46-55(78)65-45(17-22-59)54(77)64-44(16-21-58)49(72)30-41(33(4)68)52(75)61-23-18-36(50(73)62-42(14-19-56)48(71)28-37(51(74)66-46)25-34-8-6-5-7-9-34)27-47(70)43(15-20-57)63-53(76)40(32(3)67)29-39(69)26-35-10-12-38(60)13-11-35/h5-9,31-33,35-38,40-46,67-68H,10-30,56-60H2,1-4H3,(H,61,75)(H,62,73)(H,63,76)(H,64,77)(H,65,78)(H,66,74)/t32?,33?,35?,36-,37+,38?,40+,41+,42+,43+,44+,45+,46+/m1/s1. The molecule has 2 fully saturated rings. The molecule has 1 heterocycles. The molecule has 78 heavy (non-hydrogen) atoms. The van der Waals surface area contributed by atoms with Crippen molar-refractivity contribution < 1.29 is 58.2 Å². The van der Waals surface area contributed by atoms with Crippen molar-refractivity contribution in [3.63, 3.8) is 0 Å². The fourth-order valence-electron chi connectivity index (χ4n) is 10.1. The number of benzene rings is 1. The molecular formula is C55H91N11O12. The van der Waals surface area contributed by atoms with E-state index in [-0.39, 0.29) is 114 Å². The van der Waals surface area contributed by atoms with Gasteiger partial charge in [-0.05, 0) is 128 Å². The molecule has 1 saturated heterocycles. The van der Waals surface area contributed by atoms with E-state index in [1.54, 1.807) is 30.3 Å². The molecule has 1 aromatic rings. The van der Waals surface area contributed by atoms with Crippen molar-refractivity contribution in [3.05, 3.63) is 35.9 Å². The van der Waals surface area contributed by atoms with Crippen LogP contribution in [0.2, 0.25) is 0 Å². The molecule has 1 aromatic carbocycles. The second-order valence-corrected chi connectivity index (χ2v) is 21.8. The molecule has 6 amide bonds. The first-order chi connectivity index (χ1) is 37.0. The highest BCUT2D eigenvalue weighted by Crippen LogP contribution is 2.28. The molecule has 0 bridgehead atoms. The Labute approximate surface area is 459 Å². The highest BCUT2D eigenvalue weighted by atomic mass is 16.3. The molecule has 0 spiro atoms. The van der Waals surface area contributed by atoms with Crippen molar-refractivity contribution in [2.45, 2.75) is 179 Å².